The van der Waals surface area contributed by atoms with Crippen LogP contribution in [0.4, 0.5) is 0 Å². The van der Waals surface area contributed by atoms with E-state index in [9.17, 15) is 0 Å². The first-order valence-electron chi connectivity index (χ1n) is 8.73. The fraction of sp³-hybridized carbons (Fsp3) is 0.684. The average Bonchev–Trinajstić information content (AvgIpc) is 3.07. The molecule has 0 spiro atoms. The lowest BCUT2D eigenvalue weighted by Crippen LogP contribution is -2.31. The standard InChI is InChI=1S/C19H30N2/c1-15(2)12-20-10-9-16-3-5-17(6-4-16)13-21-14-18-7-8-19(21)11-18/h3-6,15,18-20H,7-14H2,1-2H3. The highest BCUT2D eigenvalue weighted by molar-refractivity contribution is 5.23. The number of nitrogens with one attached hydrogen (secondary N) is 1. The van der Waals surface area contributed by atoms with Gasteiger partial charge in [0.05, 0.1) is 0 Å². The van der Waals surface area contributed by atoms with Crippen molar-refractivity contribution in [3.05, 3.63) is 35.4 Å². The van der Waals surface area contributed by atoms with Gasteiger partial charge in [-0.2, -0.15) is 0 Å². The summed E-state index contributed by atoms with van der Waals surface area (Å²) in [7, 11) is 0. The molecule has 2 atom stereocenters. The Morgan fingerprint density at radius 2 is 1.90 bits per heavy atom. The van der Waals surface area contributed by atoms with E-state index in [1.165, 1.54) is 36.9 Å². The van der Waals surface area contributed by atoms with Crippen molar-refractivity contribution in [1.29, 1.82) is 0 Å². The largest absolute Gasteiger partial charge is 0.316 e. The first kappa shape index (κ1) is 15.1. The number of benzene rings is 1. The van der Waals surface area contributed by atoms with Gasteiger partial charge in [0.25, 0.3) is 0 Å². The summed E-state index contributed by atoms with van der Waals surface area (Å²) in [5.41, 5.74) is 2.94. The molecular weight excluding hydrogens is 256 g/mol. The Morgan fingerprint density at radius 1 is 1.14 bits per heavy atom. The van der Waals surface area contributed by atoms with E-state index in [4.69, 9.17) is 0 Å². The van der Waals surface area contributed by atoms with Gasteiger partial charge in [-0.1, -0.05) is 38.1 Å². The first-order valence-corrected chi connectivity index (χ1v) is 8.73. The quantitative estimate of drug-likeness (QED) is 0.772. The van der Waals surface area contributed by atoms with Gasteiger partial charge < -0.3 is 5.32 Å². The second-order valence-electron chi connectivity index (χ2n) is 7.43. The maximum absolute atomic E-state index is 3.52. The molecule has 116 valence electrons. The third-order valence-electron chi connectivity index (χ3n) is 5.07. The highest BCUT2D eigenvalue weighted by Gasteiger charge is 2.37. The van der Waals surface area contributed by atoms with Crippen molar-refractivity contribution < 1.29 is 0 Å². The summed E-state index contributed by atoms with van der Waals surface area (Å²) in [6.45, 7) is 9.22. The molecule has 1 heterocycles. The Balaban J connectivity index is 1.43. The van der Waals surface area contributed by atoms with Gasteiger partial charge in [-0.05, 0) is 61.7 Å². The van der Waals surface area contributed by atoms with Gasteiger partial charge in [0.2, 0.25) is 0 Å². The molecule has 1 saturated carbocycles. The van der Waals surface area contributed by atoms with E-state index in [-0.39, 0.29) is 0 Å². The number of hydrogen-bond donors (Lipinski definition) is 1. The Kier molecular flexibility index (Phi) is 4.97. The molecule has 0 amide bonds. The Morgan fingerprint density at radius 3 is 2.52 bits per heavy atom. The van der Waals surface area contributed by atoms with Crippen LogP contribution in [0.1, 0.15) is 44.2 Å². The number of nitrogens with zero attached hydrogens (tertiary/aromatic N) is 1. The molecule has 0 radical (unpaired) electrons. The summed E-state index contributed by atoms with van der Waals surface area (Å²) < 4.78 is 0. The molecule has 1 aromatic rings. The number of fused-ring (bicyclic) bond motifs is 2. The highest BCUT2D eigenvalue weighted by atomic mass is 15.2. The zero-order valence-electron chi connectivity index (χ0n) is 13.6. The minimum Gasteiger partial charge on any atom is -0.316 e. The lowest BCUT2D eigenvalue weighted by molar-refractivity contribution is 0.205. The molecule has 2 aliphatic rings. The van der Waals surface area contributed by atoms with Crippen LogP contribution in [0.5, 0.6) is 0 Å². The van der Waals surface area contributed by atoms with E-state index in [1.54, 1.807) is 0 Å². The van der Waals surface area contributed by atoms with Crippen molar-refractivity contribution >= 4 is 0 Å². The summed E-state index contributed by atoms with van der Waals surface area (Å²) in [4.78, 5) is 2.70. The van der Waals surface area contributed by atoms with Gasteiger partial charge in [0, 0.05) is 19.1 Å². The zero-order chi connectivity index (χ0) is 14.7. The summed E-state index contributed by atoms with van der Waals surface area (Å²) in [6.07, 6.45) is 5.51. The van der Waals surface area contributed by atoms with Crippen molar-refractivity contribution in [3.63, 3.8) is 0 Å². The SMILES string of the molecule is CC(C)CNCCc1ccc(CN2CC3CCC2C3)cc1. The topological polar surface area (TPSA) is 15.3 Å². The summed E-state index contributed by atoms with van der Waals surface area (Å²) in [5, 5.41) is 3.52. The van der Waals surface area contributed by atoms with E-state index in [0.29, 0.717) is 0 Å². The Hall–Kier alpha value is -0.860. The van der Waals surface area contributed by atoms with E-state index in [1.807, 2.05) is 0 Å². The monoisotopic (exact) mass is 286 g/mol. The molecule has 1 saturated heterocycles. The number of hydrogen-bond acceptors (Lipinski definition) is 2. The van der Waals surface area contributed by atoms with E-state index in [2.05, 4.69) is 48.3 Å². The van der Waals surface area contributed by atoms with Crippen molar-refractivity contribution in [3.8, 4) is 0 Å². The molecule has 1 N–H and O–H groups in total. The van der Waals surface area contributed by atoms with Crippen molar-refractivity contribution in [2.45, 2.75) is 52.1 Å². The van der Waals surface area contributed by atoms with Gasteiger partial charge in [0.15, 0.2) is 0 Å². The van der Waals surface area contributed by atoms with Crippen LogP contribution in [0, 0.1) is 11.8 Å². The van der Waals surface area contributed by atoms with E-state index >= 15 is 0 Å². The zero-order valence-corrected chi connectivity index (χ0v) is 13.6. The van der Waals surface area contributed by atoms with Crippen molar-refractivity contribution in [2.75, 3.05) is 19.6 Å². The summed E-state index contributed by atoms with van der Waals surface area (Å²) in [6, 6.07) is 10.2. The molecule has 1 aliphatic heterocycles. The van der Waals surface area contributed by atoms with Gasteiger partial charge >= 0.3 is 0 Å². The van der Waals surface area contributed by atoms with Crippen LogP contribution >= 0.6 is 0 Å². The summed E-state index contributed by atoms with van der Waals surface area (Å²) in [5.74, 6) is 1.74. The van der Waals surface area contributed by atoms with Crippen LogP contribution in [0.25, 0.3) is 0 Å². The van der Waals surface area contributed by atoms with Gasteiger partial charge in [-0.25, -0.2) is 0 Å². The van der Waals surface area contributed by atoms with E-state index < -0.39 is 0 Å². The van der Waals surface area contributed by atoms with Gasteiger partial charge in [-0.3, -0.25) is 4.90 Å². The molecule has 2 bridgehead atoms. The maximum Gasteiger partial charge on any atom is 0.0236 e. The Bertz CT molecular complexity index is 437. The fourth-order valence-electron chi connectivity index (χ4n) is 3.89. The highest BCUT2D eigenvalue weighted by Crippen LogP contribution is 2.38. The number of rotatable bonds is 7. The molecule has 3 rings (SSSR count). The summed E-state index contributed by atoms with van der Waals surface area (Å²) >= 11 is 0. The Labute approximate surface area is 129 Å². The molecule has 0 aromatic heterocycles. The normalized spacial score (nSPS) is 25.1. The van der Waals surface area contributed by atoms with Crippen LogP contribution in [0.15, 0.2) is 24.3 Å². The average molecular weight is 286 g/mol. The lowest BCUT2D eigenvalue weighted by atomic mass is 10.1. The minimum atomic E-state index is 0.739. The molecule has 2 unspecified atom stereocenters. The van der Waals surface area contributed by atoms with Crippen LogP contribution in [-0.2, 0) is 13.0 Å². The maximum atomic E-state index is 3.52. The van der Waals surface area contributed by atoms with Gasteiger partial charge in [0.1, 0.15) is 0 Å². The molecular formula is C19H30N2. The fourth-order valence-corrected chi connectivity index (χ4v) is 3.89. The van der Waals surface area contributed by atoms with Crippen LogP contribution < -0.4 is 5.32 Å². The lowest BCUT2D eigenvalue weighted by Gasteiger charge is -2.26. The van der Waals surface area contributed by atoms with Crippen molar-refractivity contribution in [2.24, 2.45) is 11.8 Å². The predicted molar refractivity (Wildman–Crippen MR) is 89.4 cm³/mol. The van der Waals surface area contributed by atoms with E-state index in [0.717, 1.165) is 43.9 Å². The smallest absolute Gasteiger partial charge is 0.0236 e. The van der Waals surface area contributed by atoms with Gasteiger partial charge in [-0.15, -0.1) is 0 Å². The van der Waals surface area contributed by atoms with Crippen molar-refractivity contribution in [1.82, 2.24) is 10.2 Å². The number of piperidine rings is 1. The second kappa shape index (κ2) is 6.93. The predicted octanol–water partition coefficient (Wildman–Crippen LogP) is 3.46. The van der Waals surface area contributed by atoms with Crippen LogP contribution in [-0.4, -0.2) is 30.6 Å². The second-order valence-corrected chi connectivity index (χ2v) is 7.43. The minimum absolute atomic E-state index is 0.739. The first-order chi connectivity index (χ1) is 10.2. The third kappa shape index (κ3) is 4.08. The van der Waals surface area contributed by atoms with Crippen LogP contribution in [0.2, 0.25) is 0 Å². The third-order valence-corrected chi connectivity index (χ3v) is 5.07. The number of likely N-dealkylation sites (tertiary alicyclic amines) is 1. The van der Waals surface area contributed by atoms with Crippen LogP contribution in [0.3, 0.4) is 0 Å². The molecule has 1 aromatic carbocycles. The molecule has 2 fully saturated rings. The molecule has 21 heavy (non-hydrogen) atoms. The molecule has 1 aliphatic carbocycles. The molecule has 2 heteroatoms. The molecule has 2 nitrogen and oxygen atoms in total.